The number of hydrogen-bond donors (Lipinski definition) is 2. The molecule has 1 atom stereocenters. The maximum atomic E-state index is 11.2. The number of carboxylic acid groups (broad SMARTS) is 1. The van der Waals surface area contributed by atoms with Gasteiger partial charge in [0.15, 0.2) is 0 Å². The summed E-state index contributed by atoms with van der Waals surface area (Å²) in [6, 6.07) is 12.5. The Labute approximate surface area is 134 Å². The van der Waals surface area contributed by atoms with Gasteiger partial charge in [-0.1, -0.05) is 12.1 Å². The molecular formula is C19H19NO3. The molecule has 0 aliphatic heterocycles. The van der Waals surface area contributed by atoms with Gasteiger partial charge in [-0.05, 0) is 62.2 Å². The quantitative estimate of drug-likeness (QED) is 0.759. The maximum absolute atomic E-state index is 11.2. The van der Waals surface area contributed by atoms with E-state index in [1.165, 1.54) is 0 Å². The van der Waals surface area contributed by atoms with Crippen molar-refractivity contribution in [1.29, 1.82) is 0 Å². The first-order chi connectivity index (χ1) is 10.9. The van der Waals surface area contributed by atoms with E-state index >= 15 is 0 Å². The lowest BCUT2D eigenvalue weighted by atomic mass is 10.1. The number of rotatable bonds is 3. The molecule has 0 spiro atoms. The van der Waals surface area contributed by atoms with E-state index in [4.69, 9.17) is 0 Å². The molecule has 118 valence electrons. The first-order valence-corrected chi connectivity index (χ1v) is 7.53. The number of aryl methyl sites for hydroxylation is 1. The summed E-state index contributed by atoms with van der Waals surface area (Å²) in [6.07, 6.45) is 0. The average molecular weight is 309 g/mol. The zero-order valence-electron chi connectivity index (χ0n) is 13.4. The molecule has 4 heteroatoms. The molecule has 3 aromatic rings. The van der Waals surface area contributed by atoms with Crippen molar-refractivity contribution in [3.8, 4) is 5.75 Å². The van der Waals surface area contributed by atoms with Gasteiger partial charge in [-0.25, -0.2) is 4.79 Å². The molecule has 2 aromatic carbocycles. The molecule has 0 aliphatic carbocycles. The van der Waals surface area contributed by atoms with E-state index in [9.17, 15) is 15.0 Å². The molecule has 1 unspecified atom stereocenters. The number of aromatic hydroxyl groups is 1. The van der Waals surface area contributed by atoms with Crippen molar-refractivity contribution in [2.24, 2.45) is 0 Å². The number of phenols is 1. The molecule has 0 radical (unpaired) electrons. The molecule has 4 nitrogen and oxygen atoms in total. The molecule has 0 aliphatic rings. The van der Waals surface area contributed by atoms with E-state index in [-0.39, 0.29) is 11.8 Å². The van der Waals surface area contributed by atoms with Crippen molar-refractivity contribution in [2.45, 2.75) is 26.8 Å². The highest BCUT2D eigenvalue weighted by Crippen LogP contribution is 2.32. The van der Waals surface area contributed by atoms with E-state index in [1.54, 1.807) is 24.3 Å². The average Bonchev–Trinajstić information content (AvgIpc) is 2.78. The van der Waals surface area contributed by atoms with Gasteiger partial charge >= 0.3 is 5.97 Å². The third kappa shape index (κ3) is 2.46. The predicted octanol–water partition coefficient (Wildman–Crippen LogP) is 4.27. The lowest BCUT2D eigenvalue weighted by Gasteiger charge is -2.18. The zero-order chi connectivity index (χ0) is 16.7. The summed E-state index contributed by atoms with van der Waals surface area (Å²) in [4.78, 5) is 11.2. The number of hydrogen-bond acceptors (Lipinski definition) is 2. The highest BCUT2D eigenvalue weighted by Gasteiger charge is 2.18. The highest BCUT2D eigenvalue weighted by atomic mass is 16.4. The molecule has 0 fully saturated rings. The highest BCUT2D eigenvalue weighted by molar-refractivity contribution is 5.95. The number of nitrogens with zero attached hydrogens (tertiary/aromatic N) is 1. The first kappa shape index (κ1) is 15.2. The number of aromatic nitrogens is 1. The summed E-state index contributed by atoms with van der Waals surface area (Å²) in [7, 11) is 0. The Morgan fingerprint density at radius 1 is 1.09 bits per heavy atom. The number of carboxylic acids is 1. The van der Waals surface area contributed by atoms with E-state index in [0.717, 1.165) is 27.7 Å². The molecule has 1 heterocycles. The van der Waals surface area contributed by atoms with Crippen molar-refractivity contribution in [2.75, 3.05) is 0 Å². The van der Waals surface area contributed by atoms with Gasteiger partial charge in [0, 0.05) is 16.6 Å². The van der Waals surface area contributed by atoms with Crippen LogP contribution in [0.5, 0.6) is 5.75 Å². The minimum absolute atomic E-state index is 0.0856. The van der Waals surface area contributed by atoms with E-state index < -0.39 is 5.97 Å². The summed E-state index contributed by atoms with van der Waals surface area (Å²) < 4.78 is 2.21. The fraction of sp³-hybridized carbons (Fsp3) is 0.211. The summed E-state index contributed by atoms with van der Waals surface area (Å²) >= 11 is 0. The summed E-state index contributed by atoms with van der Waals surface area (Å²) in [5.41, 5.74) is 4.61. The fourth-order valence-electron chi connectivity index (χ4n) is 3.14. The van der Waals surface area contributed by atoms with Gasteiger partial charge in [0.1, 0.15) is 5.75 Å². The van der Waals surface area contributed by atoms with Gasteiger partial charge in [-0.15, -0.1) is 0 Å². The van der Waals surface area contributed by atoms with Crippen LogP contribution in [0.3, 0.4) is 0 Å². The molecule has 0 saturated heterocycles. The van der Waals surface area contributed by atoms with Crippen LogP contribution < -0.4 is 0 Å². The molecule has 23 heavy (non-hydrogen) atoms. The van der Waals surface area contributed by atoms with Crippen molar-refractivity contribution in [1.82, 2.24) is 4.57 Å². The number of phenolic OH excluding ortho intramolecular Hbond substituents is 1. The Balaban J connectivity index is 2.19. The third-order valence-corrected chi connectivity index (χ3v) is 4.57. The normalized spacial score (nSPS) is 12.5. The van der Waals surface area contributed by atoms with Crippen LogP contribution in [0.15, 0.2) is 42.5 Å². The molecule has 1 aromatic heterocycles. The maximum Gasteiger partial charge on any atom is 0.335 e. The second-order valence-corrected chi connectivity index (χ2v) is 5.88. The van der Waals surface area contributed by atoms with E-state index in [1.807, 2.05) is 32.0 Å². The lowest BCUT2D eigenvalue weighted by Crippen LogP contribution is -2.08. The first-order valence-electron chi connectivity index (χ1n) is 7.53. The van der Waals surface area contributed by atoms with Crippen LogP contribution in [0.25, 0.3) is 10.9 Å². The van der Waals surface area contributed by atoms with Crippen molar-refractivity contribution >= 4 is 16.9 Å². The largest absolute Gasteiger partial charge is 0.508 e. The van der Waals surface area contributed by atoms with Crippen LogP contribution in [0, 0.1) is 13.8 Å². The van der Waals surface area contributed by atoms with E-state index in [2.05, 4.69) is 11.5 Å². The minimum atomic E-state index is -0.914. The molecule has 3 rings (SSSR count). The topological polar surface area (TPSA) is 62.5 Å². The molecule has 0 saturated carbocycles. The van der Waals surface area contributed by atoms with Crippen LogP contribution in [-0.4, -0.2) is 20.7 Å². The van der Waals surface area contributed by atoms with Crippen molar-refractivity contribution in [3.05, 3.63) is 64.8 Å². The Hall–Kier alpha value is -2.75. The second-order valence-electron chi connectivity index (χ2n) is 5.88. The number of benzene rings is 2. The van der Waals surface area contributed by atoms with Gasteiger partial charge in [-0.3, -0.25) is 0 Å². The summed E-state index contributed by atoms with van der Waals surface area (Å²) in [5, 5.41) is 19.6. The summed E-state index contributed by atoms with van der Waals surface area (Å²) in [6.45, 7) is 6.17. The van der Waals surface area contributed by atoms with Gasteiger partial charge in [0.2, 0.25) is 0 Å². The minimum Gasteiger partial charge on any atom is -0.508 e. The zero-order valence-corrected chi connectivity index (χ0v) is 13.4. The van der Waals surface area contributed by atoms with Gasteiger partial charge in [0.05, 0.1) is 11.6 Å². The van der Waals surface area contributed by atoms with Crippen LogP contribution in [0.2, 0.25) is 0 Å². The molecule has 0 bridgehead atoms. The van der Waals surface area contributed by atoms with Crippen LogP contribution in [0.1, 0.15) is 40.1 Å². The van der Waals surface area contributed by atoms with E-state index in [0.29, 0.717) is 5.56 Å². The van der Waals surface area contributed by atoms with Gasteiger partial charge < -0.3 is 14.8 Å². The lowest BCUT2D eigenvalue weighted by molar-refractivity contribution is 0.0697. The number of fused-ring (bicyclic) bond motifs is 1. The van der Waals surface area contributed by atoms with Gasteiger partial charge in [-0.2, -0.15) is 0 Å². The molecule has 0 amide bonds. The van der Waals surface area contributed by atoms with Crippen LogP contribution in [0.4, 0.5) is 0 Å². The summed E-state index contributed by atoms with van der Waals surface area (Å²) in [5.74, 6) is -0.666. The number of carbonyl (C=O) groups is 1. The SMILES string of the molecule is Cc1c(C)n(C(C)c2ccc(O)cc2)c2ccc(C(=O)O)cc12. The second kappa shape index (κ2) is 5.47. The van der Waals surface area contributed by atoms with Gasteiger partial charge in [0.25, 0.3) is 0 Å². The Kier molecular flexibility index (Phi) is 3.60. The Bertz CT molecular complexity index is 891. The number of aromatic carboxylic acids is 1. The Morgan fingerprint density at radius 2 is 1.74 bits per heavy atom. The fourth-order valence-corrected chi connectivity index (χ4v) is 3.14. The predicted molar refractivity (Wildman–Crippen MR) is 90.3 cm³/mol. The van der Waals surface area contributed by atoms with Crippen molar-refractivity contribution < 1.29 is 15.0 Å². The molecule has 2 N–H and O–H groups in total. The van der Waals surface area contributed by atoms with Crippen molar-refractivity contribution in [3.63, 3.8) is 0 Å². The Morgan fingerprint density at radius 3 is 2.35 bits per heavy atom. The van der Waals surface area contributed by atoms with Crippen LogP contribution in [-0.2, 0) is 0 Å². The third-order valence-electron chi connectivity index (χ3n) is 4.57. The monoisotopic (exact) mass is 309 g/mol. The standard InChI is InChI=1S/C19H19NO3/c1-11-12(2)20(13(3)14-4-7-16(21)8-5-14)18-9-6-15(19(22)23)10-17(11)18/h4-10,13,21H,1-3H3,(H,22,23). The smallest absolute Gasteiger partial charge is 0.335 e. The molecular weight excluding hydrogens is 290 g/mol. The van der Waals surface area contributed by atoms with Crippen LogP contribution >= 0.6 is 0 Å².